The van der Waals surface area contributed by atoms with E-state index in [9.17, 15) is 8.42 Å². The second-order valence-electron chi connectivity index (χ2n) is 3.82. The maximum Gasteiger partial charge on any atom is 0.216 e. The molecule has 0 aliphatic rings. The summed E-state index contributed by atoms with van der Waals surface area (Å²) in [6.07, 6.45) is 0.773. The van der Waals surface area contributed by atoms with Crippen LogP contribution in [-0.2, 0) is 15.8 Å². The van der Waals surface area contributed by atoms with Crippen LogP contribution in [0.5, 0.6) is 0 Å². The predicted molar refractivity (Wildman–Crippen MR) is 67.0 cm³/mol. The third-order valence-corrected chi connectivity index (χ3v) is 3.95. The average molecular weight is 262 g/mol. The van der Waals surface area contributed by atoms with Gasteiger partial charge in [-0.1, -0.05) is 30.7 Å². The highest BCUT2D eigenvalue weighted by molar-refractivity contribution is 7.88. The maximum absolute atomic E-state index is 11.7. The van der Waals surface area contributed by atoms with Crippen LogP contribution in [-0.4, -0.2) is 14.5 Å². The molecule has 0 aliphatic heterocycles. The van der Waals surface area contributed by atoms with Crippen LogP contribution in [0.2, 0.25) is 5.02 Å². The molecule has 0 unspecified atom stereocenters. The topological polar surface area (TPSA) is 46.2 Å². The van der Waals surface area contributed by atoms with Gasteiger partial charge in [0.15, 0.2) is 0 Å². The Morgan fingerprint density at radius 1 is 1.44 bits per heavy atom. The van der Waals surface area contributed by atoms with E-state index in [0.29, 0.717) is 10.6 Å². The minimum absolute atomic E-state index is 0.0299. The number of sulfonamides is 1. The molecular weight excluding hydrogens is 246 g/mol. The third kappa shape index (κ3) is 4.51. The van der Waals surface area contributed by atoms with Crippen molar-refractivity contribution in [2.24, 2.45) is 0 Å². The first-order chi connectivity index (χ1) is 7.43. The van der Waals surface area contributed by atoms with E-state index in [2.05, 4.69) is 4.72 Å². The molecule has 0 aliphatic carbocycles. The Morgan fingerprint density at radius 3 is 2.69 bits per heavy atom. The van der Waals surface area contributed by atoms with E-state index in [1.807, 2.05) is 13.8 Å². The van der Waals surface area contributed by atoms with E-state index < -0.39 is 10.0 Å². The molecular formula is C11H16ClNO2S. The number of rotatable bonds is 5. The fraction of sp³-hybridized carbons (Fsp3) is 0.455. The number of halogens is 1. The Labute approximate surface area is 102 Å². The highest BCUT2D eigenvalue weighted by Gasteiger charge is 2.14. The van der Waals surface area contributed by atoms with Crippen molar-refractivity contribution in [3.63, 3.8) is 0 Å². The van der Waals surface area contributed by atoms with Crippen LogP contribution in [0, 0.1) is 0 Å². The van der Waals surface area contributed by atoms with E-state index in [4.69, 9.17) is 11.6 Å². The normalized spacial score (nSPS) is 13.7. The van der Waals surface area contributed by atoms with E-state index in [-0.39, 0.29) is 11.8 Å². The molecule has 3 nitrogen and oxygen atoms in total. The summed E-state index contributed by atoms with van der Waals surface area (Å²) in [5.41, 5.74) is 0.698. The molecule has 0 aromatic heterocycles. The monoisotopic (exact) mass is 261 g/mol. The van der Waals surface area contributed by atoms with Gasteiger partial charge in [-0.2, -0.15) is 0 Å². The van der Waals surface area contributed by atoms with Crippen LogP contribution >= 0.6 is 11.6 Å². The molecule has 0 radical (unpaired) electrons. The first-order valence-electron chi connectivity index (χ1n) is 5.17. The fourth-order valence-electron chi connectivity index (χ4n) is 1.28. The zero-order chi connectivity index (χ0) is 12.2. The first-order valence-corrected chi connectivity index (χ1v) is 7.20. The second kappa shape index (κ2) is 5.66. The molecule has 0 heterocycles. The van der Waals surface area contributed by atoms with Crippen molar-refractivity contribution in [3.05, 3.63) is 34.9 Å². The molecule has 1 N–H and O–H groups in total. The minimum Gasteiger partial charge on any atom is -0.212 e. The van der Waals surface area contributed by atoms with Gasteiger partial charge in [0.25, 0.3) is 0 Å². The molecule has 1 aromatic rings. The van der Waals surface area contributed by atoms with E-state index in [1.165, 1.54) is 0 Å². The molecule has 16 heavy (non-hydrogen) atoms. The Bertz CT molecular complexity index is 445. The summed E-state index contributed by atoms with van der Waals surface area (Å²) in [4.78, 5) is 0. The molecule has 0 bridgehead atoms. The van der Waals surface area contributed by atoms with E-state index in [1.54, 1.807) is 24.3 Å². The zero-order valence-electron chi connectivity index (χ0n) is 9.40. The molecule has 0 saturated heterocycles. The summed E-state index contributed by atoms with van der Waals surface area (Å²) < 4.78 is 26.1. The zero-order valence-corrected chi connectivity index (χ0v) is 11.0. The van der Waals surface area contributed by atoms with Crippen molar-refractivity contribution >= 4 is 21.6 Å². The maximum atomic E-state index is 11.7. The van der Waals surface area contributed by atoms with Gasteiger partial charge in [-0.15, -0.1) is 0 Å². The molecule has 0 spiro atoms. The number of nitrogens with one attached hydrogen (secondary N) is 1. The number of hydrogen-bond acceptors (Lipinski definition) is 2. The van der Waals surface area contributed by atoms with Gasteiger partial charge in [-0.3, -0.25) is 0 Å². The summed E-state index contributed by atoms with van der Waals surface area (Å²) in [5.74, 6) is -0.0299. The Hall–Kier alpha value is -0.580. The summed E-state index contributed by atoms with van der Waals surface area (Å²) >= 11 is 5.79. The van der Waals surface area contributed by atoms with Crippen LogP contribution in [0.15, 0.2) is 24.3 Å². The van der Waals surface area contributed by atoms with E-state index >= 15 is 0 Å². The predicted octanol–water partition coefficient (Wildman–Crippen LogP) is 2.56. The first kappa shape index (κ1) is 13.5. The lowest BCUT2D eigenvalue weighted by molar-refractivity contribution is 0.555. The Kier molecular flexibility index (Phi) is 4.77. The molecule has 0 amide bonds. The highest BCUT2D eigenvalue weighted by Crippen LogP contribution is 2.13. The van der Waals surface area contributed by atoms with Crippen molar-refractivity contribution in [1.29, 1.82) is 0 Å². The largest absolute Gasteiger partial charge is 0.216 e. The van der Waals surface area contributed by atoms with Crippen LogP contribution in [0.25, 0.3) is 0 Å². The van der Waals surface area contributed by atoms with Crippen molar-refractivity contribution in [3.8, 4) is 0 Å². The van der Waals surface area contributed by atoms with Gasteiger partial charge in [0.1, 0.15) is 0 Å². The summed E-state index contributed by atoms with van der Waals surface area (Å²) in [7, 11) is -3.27. The third-order valence-electron chi connectivity index (χ3n) is 2.24. The van der Waals surface area contributed by atoms with Crippen molar-refractivity contribution in [1.82, 2.24) is 4.72 Å². The van der Waals surface area contributed by atoms with Gasteiger partial charge < -0.3 is 0 Å². The smallest absolute Gasteiger partial charge is 0.212 e. The molecule has 5 heteroatoms. The quantitative estimate of drug-likeness (QED) is 0.886. The van der Waals surface area contributed by atoms with Gasteiger partial charge in [-0.25, -0.2) is 13.1 Å². The Balaban J connectivity index is 2.73. The fourth-order valence-corrected chi connectivity index (χ4v) is 2.97. The lowest BCUT2D eigenvalue weighted by atomic mass is 10.2. The molecule has 1 aromatic carbocycles. The minimum atomic E-state index is -3.27. The highest BCUT2D eigenvalue weighted by atomic mass is 35.5. The Morgan fingerprint density at radius 2 is 2.12 bits per heavy atom. The summed E-state index contributed by atoms with van der Waals surface area (Å²) in [6.45, 7) is 3.78. The molecule has 1 atom stereocenters. The van der Waals surface area contributed by atoms with Gasteiger partial charge in [0.2, 0.25) is 10.0 Å². The molecule has 1 rings (SSSR count). The SMILES string of the molecule is CC[C@@H](C)NS(=O)(=O)Cc1cccc(Cl)c1. The van der Waals surface area contributed by atoms with Gasteiger partial charge >= 0.3 is 0 Å². The lowest BCUT2D eigenvalue weighted by Crippen LogP contribution is -2.32. The molecule has 0 fully saturated rings. The van der Waals surface area contributed by atoms with Crippen LogP contribution in [0.1, 0.15) is 25.8 Å². The van der Waals surface area contributed by atoms with Crippen molar-refractivity contribution < 1.29 is 8.42 Å². The van der Waals surface area contributed by atoms with Crippen LogP contribution in [0.3, 0.4) is 0 Å². The average Bonchev–Trinajstić information content (AvgIpc) is 2.15. The number of hydrogen-bond donors (Lipinski definition) is 1. The van der Waals surface area contributed by atoms with Gasteiger partial charge in [0.05, 0.1) is 5.75 Å². The van der Waals surface area contributed by atoms with Crippen molar-refractivity contribution in [2.75, 3.05) is 0 Å². The lowest BCUT2D eigenvalue weighted by Gasteiger charge is -2.12. The molecule has 0 saturated carbocycles. The van der Waals surface area contributed by atoms with Crippen LogP contribution in [0.4, 0.5) is 0 Å². The summed E-state index contributed by atoms with van der Waals surface area (Å²) in [6, 6.07) is 6.85. The summed E-state index contributed by atoms with van der Waals surface area (Å²) in [5, 5.41) is 0.552. The second-order valence-corrected chi connectivity index (χ2v) is 6.01. The van der Waals surface area contributed by atoms with Crippen LogP contribution < -0.4 is 4.72 Å². The standard InChI is InChI=1S/C11H16ClNO2S/c1-3-9(2)13-16(14,15)8-10-5-4-6-11(12)7-10/h4-7,9,13H,3,8H2,1-2H3/t9-/m1/s1. The molecule has 90 valence electrons. The van der Waals surface area contributed by atoms with Gasteiger partial charge in [0, 0.05) is 11.1 Å². The van der Waals surface area contributed by atoms with Gasteiger partial charge in [-0.05, 0) is 31.0 Å². The van der Waals surface area contributed by atoms with E-state index in [0.717, 1.165) is 6.42 Å². The number of benzene rings is 1. The van der Waals surface area contributed by atoms with Crippen molar-refractivity contribution in [2.45, 2.75) is 32.1 Å².